The van der Waals surface area contributed by atoms with Gasteiger partial charge in [0.25, 0.3) is 5.91 Å². The van der Waals surface area contributed by atoms with Gasteiger partial charge in [0.05, 0.1) is 24.3 Å². The van der Waals surface area contributed by atoms with Crippen molar-refractivity contribution in [2.75, 3.05) is 64.8 Å². The Kier molecular flexibility index (Phi) is 7.97. The van der Waals surface area contributed by atoms with Crippen LogP contribution in [0.5, 0.6) is 11.5 Å². The molecule has 2 N–H and O–H groups in total. The van der Waals surface area contributed by atoms with Gasteiger partial charge in [-0.15, -0.1) is 0 Å². The summed E-state index contributed by atoms with van der Waals surface area (Å²) < 4.78 is 29.7. The number of hydrogen-bond acceptors (Lipinski definition) is 7. The third kappa shape index (κ3) is 5.31. The zero-order chi connectivity index (χ0) is 30.2. The summed E-state index contributed by atoms with van der Waals surface area (Å²) in [7, 11) is 2.12. The number of rotatable bonds is 9. The summed E-state index contributed by atoms with van der Waals surface area (Å²) in [6.07, 6.45) is 5.49. The fourth-order valence-corrected chi connectivity index (χ4v) is 6.80. The van der Waals surface area contributed by atoms with Gasteiger partial charge < -0.3 is 29.6 Å². The maximum atomic E-state index is 15.9. The van der Waals surface area contributed by atoms with Crippen LogP contribution in [0.4, 0.5) is 10.1 Å². The molecule has 3 aliphatic heterocycles. The molecule has 2 saturated heterocycles. The molecule has 7 rings (SSSR count). The Hall–Kier alpha value is -3.99. The first kappa shape index (κ1) is 28.8. The third-order valence-electron chi connectivity index (χ3n) is 9.25. The molecule has 0 spiro atoms. The van der Waals surface area contributed by atoms with Crippen LogP contribution in [-0.4, -0.2) is 85.8 Å². The number of likely N-dealkylation sites (tertiary alicyclic amines) is 1. The average Bonchev–Trinajstić information content (AvgIpc) is 3.46. The highest BCUT2D eigenvalue weighted by Crippen LogP contribution is 2.47. The number of hydrogen-bond donors (Lipinski definition) is 2. The highest BCUT2D eigenvalue weighted by Gasteiger charge is 2.30. The average molecular weight is 600 g/mol. The van der Waals surface area contributed by atoms with Gasteiger partial charge in [-0.3, -0.25) is 14.5 Å². The molecule has 0 radical (unpaired) electrons. The van der Waals surface area contributed by atoms with E-state index < -0.39 is 17.2 Å². The molecule has 4 aromatic rings. The van der Waals surface area contributed by atoms with Crippen molar-refractivity contribution in [3.05, 3.63) is 70.3 Å². The number of amides is 1. The van der Waals surface area contributed by atoms with Gasteiger partial charge in [-0.2, -0.15) is 0 Å². The minimum Gasteiger partial charge on any atom is -0.450 e. The highest BCUT2D eigenvalue weighted by molar-refractivity contribution is 6.03. The number of anilines is 1. The molecule has 3 aromatic carbocycles. The van der Waals surface area contributed by atoms with E-state index in [9.17, 15) is 9.59 Å². The van der Waals surface area contributed by atoms with Crippen LogP contribution in [0.2, 0.25) is 0 Å². The number of ether oxygens (including phenoxy) is 2. The van der Waals surface area contributed by atoms with Gasteiger partial charge in [0.2, 0.25) is 5.43 Å². The molecule has 0 bridgehead atoms. The Morgan fingerprint density at radius 3 is 2.70 bits per heavy atom. The third-order valence-corrected chi connectivity index (χ3v) is 9.25. The number of halogens is 1. The van der Waals surface area contributed by atoms with Crippen LogP contribution in [0.25, 0.3) is 27.4 Å². The molecular formula is C34H38FN5O4. The largest absolute Gasteiger partial charge is 0.450 e. The lowest BCUT2D eigenvalue weighted by atomic mass is 10.0. The van der Waals surface area contributed by atoms with E-state index in [1.165, 1.54) is 12.5 Å². The molecule has 1 atom stereocenters. The van der Waals surface area contributed by atoms with E-state index in [1.807, 2.05) is 41.0 Å². The number of carbonyl (C=O) groups is 1. The van der Waals surface area contributed by atoms with Crippen LogP contribution < -0.4 is 20.8 Å². The van der Waals surface area contributed by atoms with Gasteiger partial charge in [0.1, 0.15) is 16.8 Å². The molecule has 2 fully saturated rings. The Morgan fingerprint density at radius 2 is 1.89 bits per heavy atom. The predicted octanol–water partition coefficient (Wildman–Crippen LogP) is 4.74. The van der Waals surface area contributed by atoms with Gasteiger partial charge in [-0.1, -0.05) is 30.3 Å². The summed E-state index contributed by atoms with van der Waals surface area (Å²) in [4.78, 5) is 31.8. The van der Waals surface area contributed by atoms with Gasteiger partial charge in [-0.25, -0.2) is 4.39 Å². The summed E-state index contributed by atoms with van der Waals surface area (Å²) in [5, 5.41) is 8.15. The Morgan fingerprint density at radius 1 is 1.05 bits per heavy atom. The first-order chi connectivity index (χ1) is 21.5. The smallest absolute Gasteiger partial charge is 0.256 e. The van der Waals surface area contributed by atoms with E-state index in [-0.39, 0.29) is 22.4 Å². The van der Waals surface area contributed by atoms with Crippen molar-refractivity contribution in [3.8, 4) is 17.2 Å². The fourth-order valence-electron chi connectivity index (χ4n) is 6.80. The number of fused-ring (bicyclic) bond motifs is 4. The maximum absolute atomic E-state index is 15.9. The quantitative estimate of drug-likeness (QED) is 0.237. The fraction of sp³-hybridized carbons (Fsp3) is 0.412. The van der Waals surface area contributed by atoms with Crippen LogP contribution in [-0.2, 0) is 4.74 Å². The lowest BCUT2D eigenvalue weighted by Crippen LogP contribution is -2.38. The number of aromatic nitrogens is 1. The van der Waals surface area contributed by atoms with E-state index in [0.717, 1.165) is 69.4 Å². The second-order valence-electron chi connectivity index (χ2n) is 12.0. The molecule has 1 aromatic heterocycles. The Labute approximate surface area is 255 Å². The summed E-state index contributed by atoms with van der Waals surface area (Å²) in [5.74, 6) is -0.233. The zero-order valence-corrected chi connectivity index (χ0v) is 25.0. The number of carbonyl (C=O) groups excluding carboxylic acids is 1. The van der Waals surface area contributed by atoms with Gasteiger partial charge in [0, 0.05) is 43.8 Å². The molecular weight excluding hydrogens is 561 g/mol. The monoisotopic (exact) mass is 599 g/mol. The van der Waals surface area contributed by atoms with Crippen molar-refractivity contribution in [3.63, 3.8) is 0 Å². The van der Waals surface area contributed by atoms with E-state index in [0.29, 0.717) is 36.1 Å². The molecule has 0 saturated carbocycles. The minimum absolute atomic E-state index is 0.0276. The van der Waals surface area contributed by atoms with Crippen LogP contribution in [0.15, 0.2) is 53.5 Å². The van der Waals surface area contributed by atoms with Crippen LogP contribution in [0.1, 0.15) is 36.0 Å². The van der Waals surface area contributed by atoms with Crippen molar-refractivity contribution in [1.82, 2.24) is 19.7 Å². The van der Waals surface area contributed by atoms with Crippen molar-refractivity contribution in [2.24, 2.45) is 0 Å². The normalized spacial score (nSPS) is 18.4. The lowest BCUT2D eigenvalue weighted by Gasteiger charge is -2.27. The predicted molar refractivity (Wildman–Crippen MR) is 170 cm³/mol. The van der Waals surface area contributed by atoms with Crippen LogP contribution in [0.3, 0.4) is 0 Å². The number of nitrogens with zero attached hydrogens (tertiary/aromatic N) is 3. The molecule has 3 aliphatic rings. The van der Waals surface area contributed by atoms with Crippen LogP contribution in [0, 0.1) is 5.82 Å². The number of benzene rings is 3. The zero-order valence-electron chi connectivity index (χ0n) is 25.0. The summed E-state index contributed by atoms with van der Waals surface area (Å²) in [6.45, 7) is 6.09. The number of nitrogens with one attached hydrogen (secondary N) is 2. The van der Waals surface area contributed by atoms with Gasteiger partial charge >= 0.3 is 0 Å². The minimum atomic E-state index is -0.581. The lowest BCUT2D eigenvalue weighted by molar-refractivity contribution is 0.0374. The second kappa shape index (κ2) is 12.2. The molecule has 1 amide bonds. The first-order valence-electron chi connectivity index (χ1n) is 15.6. The second-order valence-corrected chi connectivity index (χ2v) is 12.0. The van der Waals surface area contributed by atoms with E-state index in [2.05, 4.69) is 27.5 Å². The molecule has 44 heavy (non-hydrogen) atoms. The molecule has 230 valence electrons. The van der Waals surface area contributed by atoms with Crippen molar-refractivity contribution in [1.29, 1.82) is 0 Å². The molecule has 0 aliphatic carbocycles. The summed E-state index contributed by atoms with van der Waals surface area (Å²) in [5.41, 5.74) is 0.815. The SMILES string of the molecule is CN1CCCC1CCNc1c(F)cc2c(=O)c(C(=O)NCCCN3CCOCC3)cn3c2c1Oc1c-3ccc2ccccc12. The van der Waals surface area contributed by atoms with E-state index >= 15 is 4.39 Å². The van der Waals surface area contributed by atoms with Gasteiger partial charge in [-0.05, 0) is 63.3 Å². The van der Waals surface area contributed by atoms with Gasteiger partial charge in [0.15, 0.2) is 17.3 Å². The maximum Gasteiger partial charge on any atom is 0.256 e. The molecule has 9 nitrogen and oxygen atoms in total. The Balaban J connectivity index is 1.25. The standard InChI is InChI=1S/C34H38FN5O4/c1-38-14-4-7-23(38)11-13-36-29-27(35)20-25-30-33(29)44-32-24-8-3-2-6-22(24)9-10-28(32)40(30)21-26(31(25)41)34(42)37-12-5-15-39-16-18-43-19-17-39/h2-3,6,8-10,20-21,23,36H,4-5,7,11-19H2,1H3,(H,37,42). The molecule has 4 heterocycles. The van der Waals surface area contributed by atoms with Crippen molar-refractivity contribution < 1.29 is 18.7 Å². The summed E-state index contributed by atoms with van der Waals surface area (Å²) in [6, 6.07) is 13.4. The highest BCUT2D eigenvalue weighted by atomic mass is 19.1. The van der Waals surface area contributed by atoms with Crippen molar-refractivity contribution in [2.45, 2.75) is 31.7 Å². The number of morpholine rings is 1. The van der Waals surface area contributed by atoms with E-state index in [1.54, 1.807) is 6.20 Å². The Bertz CT molecular complexity index is 1780. The first-order valence-corrected chi connectivity index (χ1v) is 15.6. The van der Waals surface area contributed by atoms with E-state index in [4.69, 9.17) is 9.47 Å². The summed E-state index contributed by atoms with van der Waals surface area (Å²) >= 11 is 0. The van der Waals surface area contributed by atoms with Crippen LogP contribution >= 0.6 is 0 Å². The van der Waals surface area contributed by atoms with Crippen molar-refractivity contribution >= 4 is 33.3 Å². The topological polar surface area (TPSA) is 88.1 Å². The molecule has 1 unspecified atom stereocenters. The molecule has 10 heteroatoms. The number of pyridine rings is 1.